The zero-order chi connectivity index (χ0) is 16.6. The Labute approximate surface area is 141 Å². The number of carbonyl (C=O) groups excluding carboxylic acids is 1. The highest BCUT2D eigenvalue weighted by Crippen LogP contribution is 2.31. The van der Waals surface area contributed by atoms with E-state index in [4.69, 9.17) is 4.74 Å². The van der Waals surface area contributed by atoms with Crippen molar-refractivity contribution in [3.8, 4) is 5.75 Å². The number of piperazine rings is 1. The van der Waals surface area contributed by atoms with Crippen molar-refractivity contribution >= 4 is 28.1 Å². The van der Waals surface area contributed by atoms with E-state index in [9.17, 15) is 4.79 Å². The Bertz CT molecular complexity index is 469. The number of rotatable bonds is 3. The topological polar surface area (TPSA) is 50.8 Å². The molecule has 22 heavy (non-hydrogen) atoms. The summed E-state index contributed by atoms with van der Waals surface area (Å²) in [6.45, 7) is 10.1. The van der Waals surface area contributed by atoms with E-state index in [2.05, 4.69) is 43.0 Å². The highest BCUT2D eigenvalue weighted by molar-refractivity contribution is 9.10. The Morgan fingerprint density at radius 2 is 1.91 bits per heavy atom. The molecule has 6 heteroatoms. The Hall–Kier alpha value is -1.27. The van der Waals surface area contributed by atoms with Crippen LogP contribution in [0.25, 0.3) is 0 Å². The van der Waals surface area contributed by atoms with Crippen molar-refractivity contribution in [2.75, 3.05) is 38.2 Å². The molecule has 1 aliphatic heterocycles. The molecule has 0 aliphatic carbocycles. The maximum absolute atomic E-state index is 9.60. The van der Waals surface area contributed by atoms with Crippen LogP contribution in [0.1, 0.15) is 20.8 Å². The molecule has 1 heterocycles. The zero-order valence-corrected chi connectivity index (χ0v) is 15.3. The van der Waals surface area contributed by atoms with E-state index in [0.29, 0.717) is 6.47 Å². The maximum atomic E-state index is 9.60. The molecular formula is C16H25BrN2O3. The summed E-state index contributed by atoms with van der Waals surface area (Å²) in [5.74, 6) is 0.936. The molecule has 0 amide bonds. The Kier molecular flexibility index (Phi) is 7.68. The molecule has 0 radical (unpaired) electrons. The molecule has 5 nitrogen and oxygen atoms in total. The van der Waals surface area contributed by atoms with E-state index in [1.165, 1.54) is 5.69 Å². The van der Waals surface area contributed by atoms with Crippen molar-refractivity contribution in [2.24, 2.45) is 0 Å². The molecular weight excluding hydrogens is 348 g/mol. The lowest BCUT2D eigenvalue weighted by Gasteiger charge is -2.30. The minimum atomic E-state index is -0.318. The molecule has 124 valence electrons. The molecule has 1 aromatic rings. The van der Waals surface area contributed by atoms with Crippen LogP contribution in [0.2, 0.25) is 0 Å². The standard InChI is InChI=1S/C11H15BrN2O.C5H10O2/c1-15-11-8-9(12)2-3-10(11)14-6-4-13-5-7-14;1-5(2,3)7-4-6/h2-3,8,13H,4-7H2,1H3;4H,1-3H3. The molecule has 2 rings (SSSR count). The predicted molar refractivity (Wildman–Crippen MR) is 92.7 cm³/mol. The van der Waals surface area contributed by atoms with Crippen molar-refractivity contribution in [3.05, 3.63) is 22.7 Å². The molecule has 0 saturated carbocycles. The van der Waals surface area contributed by atoms with E-state index in [0.717, 1.165) is 36.4 Å². The average molecular weight is 373 g/mol. The first-order chi connectivity index (χ1) is 10.4. The fraction of sp³-hybridized carbons (Fsp3) is 0.562. The van der Waals surface area contributed by atoms with Crippen LogP contribution in [-0.4, -0.2) is 45.4 Å². The lowest BCUT2D eigenvalue weighted by molar-refractivity contribution is -0.138. The van der Waals surface area contributed by atoms with E-state index in [-0.39, 0.29) is 5.60 Å². The minimum absolute atomic E-state index is 0.318. The number of hydrogen-bond donors (Lipinski definition) is 1. The normalized spacial score (nSPS) is 14.7. The second-order valence-corrected chi connectivity index (χ2v) is 6.80. The second-order valence-electron chi connectivity index (χ2n) is 5.88. The van der Waals surface area contributed by atoms with E-state index in [1.807, 2.05) is 26.8 Å². The van der Waals surface area contributed by atoms with Gasteiger partial charge in [0, 0.05) is 30.7 Å². The smallest absolute Gasteiger partial charge is 0.293 e. The van der Waals surface area contributed by atoms with Gasteiger partial charge in [0.15, 0.2) is 0 Å². The zero-order valence-electron chi connectivity index (χ0n) is 13.7. The summed E-state index contributed by atoms with van der Waals surface area (Å²) in [4.78, 5) is 11.9. The van der Waals surface area contributed by atoms with Gasteiger partial charge in [-0.1, -0.05) is 15.9 Å². The number of carbonyl (C=O) groups is 1. The fourth-order valence-electron chi connectivity index (χ4n) is 1.96. The monoisotopic (exact) mass is 372 g/mol. The third-order valence-corrected chi connectivity index (χ3v) is 3.49. The first kappa shape index (κ1) is 18.8. The van der Waals surface area contributed by atoms with Gasteiger partial charge in [-0.25, -0.2) is 0 Å². The maximum Gasteiger partial charge on any atom is 0.293 e. The van der Waals surface area contributed by atoms with Crippen molar-refractivity contribution in [1.82, 2.24) is 5.32 Å². The first-order valence-electron chi connectivity index (χ1n) is 7.28. The number of benzene rings is 1. The van der Waals surface area contributed by atoms with Crippen LogP contribution in [0.3, 0.4) is 0 Å². The molecule has 0 spiro atoms. The van der Waals surface area contributed by atoms with Gasteiger partial charge in [0.05, 0.1) is 12.8 Å². The number of hydrogen-bond acceptors (Lipinski definition) is 5. The van der Waals surface area contributed by atoms with E-state index >= 15 is 0 Å². The van der Waals surface area contributed by atoms with Gasteiger partial charge in [-0.15, -0.1) is 0 Å². The first-order valence-corrected chi connectivity index (χ1v) is 8.07. The third kappa shape index (κ3) is 6.66. The van der Waals surface area contributed by atoms with Crippen LogP contribution in [0, 0.1) is 0 Å². The van der Waals surface area contributed by atoms with Gasteiger partial charge in [0.2, 0.25) is 0 Å². The molecule has 1 saturated heterocycles. The number of anilines is 1. The summed E-state index contributed by atoms with van der Waals surface area (Å²) in [6.07, 6.45) is 0. The van der Waals surface area contributed by atoms with Gasteiger partial charge in [-0.2, -0.15) is 0 Å². The lowest BCUT2D eigenvalue weighted by atomic mass is 10.2. The summed E-state index contributed by atoms with van der Waals surface area (Å²) in [6, 6.07) is 6.17. The van der Waals surface area contributed by atoms with Crippen molar-refractivity contribution in [3.63, 3.8) is 0 Å². The van der Waals surface area contributed by atoms with E-state index < -0.39 is 0 Å². The number of nitrogens with zero attached hydrogens (tertiary/aromatic N) is 1. The molecule has 0 bridgehead atoms. The third-order valence-electron chi connectivity index (χ3n) is 3.00. The van der Waals surface area contributed by atoms with Gasteiger partial charge in [0.25, 0.3) is 6.47 Å². The highest BCUT2D eigenvalue weighted by atomic mass is 79.9. The van der Waals surface area contributed by atoms with Crippen molar-refractivity contribution in [2.45, 2.75) is 26.4 Å². The number of nitrogens with one attached hydrogen (secondary N) is 1. The number of methoxy groups -OCH3 is 1. The quantitative estimate of drug-likeness (QED) is 0.826. The Balaban J connectivity index is 0.000000295. The van der Waals surface area contributed by atoms with Gasteiger partial charge >= 0.3 is 0 Å². The van der Waals surface area contributed by atoms with Gasteiger partial charge in [-0.3, -0.25) is 4.79 Å². The number of halogens is 1. The lowest BCUT2D eigenvalue weighted by Crippen LogP contribution is -2.43. The van der Waals surface area contributed by atoms with Gasteiger partial charge < -0.3 is 19.7 Å². The van der Waals surface area contributed by atoms with Crippen LogP contribution < -0.4 is 15.0 Å². The molecule has 1 N–H and O–H groups in total. The van der Waals surface area contributed by atoms with E-state index in [1.54, 1.807) is 7.11 Å². The highest BCUT2D eigenvalue weighted by Gasteiger charge is 2.14. The average Bonchev–Trinajstić information content (AvgIpc) is 2.47. The van der Waals surface area contributed by atoms with Gasteiger partial charge in [-0.05, 0) is 39.0 Å². The van der Waals surface area contributed by atoms with Crippen LogP contribution >= 0.6 is 15.9 Å². The molecule has 1 aromatic carbocycles. The molecule has 0 unspecified atom stereocenters. The van der Waals surface area contributed by atoms with Crippen LogP contribution in [0.15, 0.2) is 22.7 Å². The summed E-state index contributed by atoms with van der Waals surface area (Å²) in [5, 5.41) is 3.34. The largest absolute Gasteiger partial charge is 0.495 e. The molecule has 0 atom stereocenters. The van der Waals surface area contributed by atoms with Crippen molar-refractivity contribution < 1.29 is 14.3 Å². The van der Waals surface area contributed by atoms with Gasteiger partial charge in [0.1, 0.15) is 11.4 Å². The Morgan fingerprint density at radius 3 is 2.36 bits per heavy atom. The summed E-state index contributed by atoms with van der Waals surface area (Å²) in [5.41, 5.74) is 0.865. The summed E-state index contributed by atoms with van der Waals surface area (Å²) < 4.78 is 11.0. The Morgan fingerprint density at radius 1 is 1.27 bits per heavy atom. The van der Waals surface area contributed by atoms with Crippen LogP contribution in [0.4, 0.5) is 5.69 Å². The van der Waals surface area contributed by atoms with Crippen LogP contribution in [-0.2, 0) is 9.53 Å². The summed E-state index contributed by atoms with van der Waals surface area (Å²) >= 11 is 3.45. The molecule has 0 aromatic heterocycles. The SMILES string of the molecule is CC(C)(C)OC=O.COc1cc(Br)ccc1N1CCNCC1. The summed E-state index contributed by atoms with van der Waals surface area (Å²) in [7, 11) is 1.72. The number of ether oxygens (including phenoxy) is 2. The molecule has 1 aliphatic rings. The minimum Gasteiger partial charge on any atom is -0.495 e. The predicted octanol–water partition coefficient (Wildman–Crippen LogP) is 2.83. The fourth-order valence-corrected chi connectivity index (χ4v) is 2.30. The molecule has 1 fully saturated rings. The van der Waals surface area contributed by atoms with Crippen LogP contribution in [0.5, 0.6) is 5.75 Å². The second kappa shape index (κ2) is 9.00. The van der Waals surface area contributed by atoms with Crippen molar-refractivity contribution in [1.29, 1.82) is 0 Å².